The molecule has 18 heavy (non-hydrogen) atoms. The SMILES string of the molecule is CCn1ncc(CNNC(=O)OC(C)(C)C)c1Br. The van der Waals surface area contributed by atoms with E-state index in [0.717, 1.165) is 16.7 Å². The first-order valence-corrected chi connectivity index (χ1v) is 6.55. The lowest BCUT2D eigenvalue weighted by Gasteiger charge is -2.19. The van der Waals surface area contributed by atoms with Crippen LogP contribution in [0.3, 0.4) is 0 Å². The molecule has 1 aromatic heterocycles. The Bertz CT molecular complexity index is 412. The van der Waals surface area contributed by atoms with Gasteiger partial charge in [0, 0.05) is 18.7 Å². The number of hydrogen-bond donors (Lipinski definition) is 2. The third kappa shape index (κ3) is 4.66. The van der Waals surface area contributed by atoms with Crippen molar-refractivity contribution in [1.82, 2.24) is 20.6 Å². The van der Waals surface area contributed by atoms with E-state index in [9.17, 15) is 4.79 Å². The Labute approximate surface area is 115 Å². The molecular weight excluding hydrogens is 300 g/mol. The molecule has 102 valence electrons. The van der Waals surface area contributed by atoms with E-state index >= 15 is 0 Å². The van der Waals surface area contributed by atoms with Gasteiger partial charge in [-0.1, -0.05) is 0 Å². The van der Waals surface area contributed by atoms with Gasteiger partial charge in [0.25, 0.3) is 0 Å². The van der Waals surface area contributed by atoms with Crippen LogP contribution in [0.25, 0.3) is 0 Å². The van der Waals surface area contributed by atoms with Gasteiger partial charge < -0.3 is 4.74 Å². The van der Waals surface area contributed by atoms with Gasteiger partial charge in [0.05, 0.1) is 6.20 Å². The van der Waals surface area contributed by atoms with Gasteiger partial charge in [-0.15, -0.1) is 0 Å². The predicted octanol–water partition coefficient (Wildman–Crippen LogP) is 2.19. The number of amides is 1. The van der Waals surface area contributed by atoms with E-state index in [1.807, 2.05) is 32.4 Å². The van der Waals surface area contributed by atoms with Crippen molar-refractivity contribution in [2.45, 2.75) is 46.4 Å². The van der Waals surface area contributed by atoms with Crippen molar-refractivity contribution >= 4 is 22.0 Å². The summed E-state index contributed by atoms with van der Waals surface area (Å²) in [7, 11) is 0. The highest BCUT2D eigenvalue weighted by Crippen LogP contribution is 2.15. The zero-order valence-electron chi connectivity index (χ0n) is 11.1. The van der Waals surface area contributed by atoms with E-state index in [-0.39, 0.29) is 0 Å². The van der Waals surface area contributed by atoms with Crippen molar-refractivity contribution in [1.29, 1.82) is 0 Å². The first-order valence-electron chi connectivity index (χ1n) is 5.75. The molecule has 0 unspecified atom stereocenters. The van der Waals surface area contributed by atoms with Crippen molar-refractivity contribution in [3.8, 4) is 0 Å². The normalized spacial score (nSPS) is 11.4. The summed E-state index contributed by atoms with van der Waals surface area (Å²) in [5, 5.41) is 4.18. The molecule has 0 aliphatic rings. The van der Waals surface area contributed by atoms with Crippen LogP contribution in [0.2, 0.25) is 0 Å². The molecule has 0 spiro atoms. The van der Waals surface area contributed by atoms with E-state index in [1.165, 1.54) is 0 Å². The first-order chi connectivity index (χ1) is 8.33. The molecule has 0 fully saturated rings. The minimum absolute atomic E-state index is 0.472. The molecule has 7 heteroatoms. The number of nitrogens with one attached hydrogen (secondary N) is 2. The van der Waals surface area contributed by atoms with E-state index in [1.54, 1.807) is 6.20 Å². The van der Waals surface area contributed by atoms with E-state index in [0.29, 0.717) is 6.54 Å². The molecule has 6 nitrogen and oxygen atoms in total. The highest BCUT2D eigenvalue weighted by molar-refractivity contribution is 9.10. The molecule has 0 saturated heterocycles. The lowest BCUT2D eigenvalue weighted by Crippen LogP contribution is -2.40. The minimum atomic E-state index is -0.501. The van der Waals surface area contributed by atoms with Gasteiger partial charge in [0.1, 0.15) is 10.2 Å². The zero-order valence-corrected chi connectivity index (χ0v) is 12.7. The standard InChI is InChI=1S/C11H19BrN4O2/c1-5-16-9(12)8(7-14-16)6-13-15-10(17)18-11(2,3)4/h7,13H,5-6H2,1-4H3,(H,15,17). The lowest BCUT2D eigenvalue weighted by molar-refractivity contribution is 0.0497. The molecule has 1 amide bonds. The van der Waals surface area contributed by atoms with Crippen molar-refractivity contribution in [3.05, 3.63) is 16.4 Å². The second kappa shape index (κ2) is 6.19. The Balaban J connectivity index is 2.38. The summed E-state index contributed by atoms with van der Waals surface area (Å²) in [6, 6.07) is 0. The summed E-state index contributed by atoms with van der Waals surface area (Å²) in [6.45, 7) is 8.71. The van der Waals surface area contributed by atoms with Gasteiger partial charge >= 0.3 is 6.09 Å². The topological polar surface area (TPSA) is 68.2 Å². The number of carbonyl (C=O) groups excluding carboxylic acids is 1. The fourth-order valence-electron chi connectivity index (χ4n) is 1.26. The van der Waals surface area contributed by atoms with E-state index in [2.05, 4.69) is 31.9 Å². The summed E-state index contributed by atoms with van der Waals surface area (Å²) < 4.78 is 7.82. The molecule has 1 aromatic rings. The van der Waals surface area contributed by atoms with Gasteiger partial charge in [-0.3, -0.25) is 10.1 Å². The molecular formula is C11H19BrN4O2. The van der Waals surface area contributed by atoms with Crippen LogP contribution in [0.15, 0.2) is 10.8 Å². The van der Waals surface area contributed by atoms with Crippen LogP contribution in [0.5, 0.6) is 0 Å². The number of carbonyl (C=O) groups is 1. The Morgan fingerprint density at radius 2 is 2.22 bits per heavy atom. The van der Waals surface area contributed by atoms with Crippen LogP contribution in [0, 0.1) is 0 Å². The van der Waals surface area contributed by atoms with Crippen LogP contribution in [-0.2, 0) is 17.8 Å². The molecule has 0 bridgehead atoms. The Kier molecular flexibility index (Phi) is 5.15. The highest BCUT2D eigenvalue weighted by Gasteiger charge is 2.15. The summed E-state index contributed by atoms with van der Waals surface area (Å²) >= 11 is 3.44. The minimum Gasteiger partial charge on any atom is -0.443 e. The van der Waals surface area contributed by atoms with Crippen LogP contribution in [0.1, 0.15) is 33.3 Å². The maximum absolute atomic E-state index is 11.4. The van der Waals surface area contributed by atoms with Gasteiger partial charge in [-0.2, -0.15) is 5.10 Å². The number of aryl methyl sites for hydroxylation is 1. The van der Waals surface area contributed by atoms with Gasteiger partial charge in [0.15, 0.2) is 0 Å². The third-order valence-electron chi connectivity index (χ3n) is 2.01. The Morgan fingerprint density at radius 3 is 2.72 bits per heavy atom. The fourth-order valence-corrected chi connectivity index (χ4v) is 1.85. The summed E-state index contributed by atoms with van der Waals surface area (Å²) in [5.41, 5.74) is 5.73. The molecule has 2 N–H and O–H groups in total. The average Bonchev–Trinajstić information content (AvgIpc) is 2.57. The second-order valence-electron chi connectivity index (χ2n) is 4.76. The van der Waals surface area contributed by atoms with Gasteiger partial charge in [0.2, 0.25) is 0 Å². The summed E-state index contributed by atoms with van der Waals surface area (Å²) in [4.78, 5) is 11.4. The number of rotatable bonds is 4. The molecule has 0 saturated carbocycles. The smallest absolute Gasteiger partial charge is 0.422 e. The molecule has 0 aliphatic carbocycles. The number of hydrogen-bond acceptors (Lipinski definition) is 4. The zero-order chi connectivity index (χ0) is 13.8. The molecule has 0 aromatic carbocycles. The second-order valence-corrected chi connectivity index (χ2v) is 5.51. The van der Waals surface area contributed by atoms with Crippen LogP contribution in [-0.4, -0.2) is 21.5 Å². The maximum Gasteiger partial charge on any atom is 0.422 e. The molecule has 1 rings (SSSR count). The van der Waals surface area contributed by atoms with E-state index < -0.39 is 11.7 Å². The summed E-state index contributed by atoms with van der Waals surface area (Å²) in [5.74, 6) is 0. The number of halogens is 1. The fraction of sp³-hybridized carbons (Fsp3) is 0.636. The first kappa shape index (κ1) is 15.0. The predicted molar refractivity (Wildman–Crippen MR) is 71.8 cm³/mol. The molecule has 0 radical (unpaired) electrons. The number of hydrazine groups is 1. The van der Waals surface area contributed by atoms with Crippen molar-refractivity contribution < 1.29 is 9.53 Å². The average molecular weight is 319 g/mol. The molecule has 1 heterocycles. The number of aromatic nitrogens is 2. The summed E-state index contributed by atoms with van der Waals surface area (Å²) in [6.07, 6.45) is 1.25. The Morgan fingerprint density at radius 1 is 1.56 bits per heavy atom. The van der Waals surface area contributed by atoms with E-state index in [4.69, 9.17) is 4.74 Å². The van der Waals surface area contributed by atoms with Crippen LogP contribution in [0.4, 0.5) is 4.79 Å². The lowest BCUT2D eigenvalue weighted by atomic mass is 10.2. The van der Waals surface area contributed by atoms with Crippen LogP contribution < -0.4 is 10.9 Å². The third-order valence-corrected chi connectivity index (χ3v) is 2.93. The largest absolute Gasteiger partial charge is 0.443 e. The van der Waals surface area contributed by atoms with Crippen molar-refractivity contribution in [2.24, 2.45) is 0 Å². The Hall–Kier alpha value is -1.08. The quantitative estimate of drug-likeness (QED) is 0.835. The highest BCUT2D eigenvalue weighted by atomic mass is 79.9. The van der Waals surface area contributed by atoms with Gasteiger partial charge in [-0.05, 0) is 43.6 Å². The number of nitrogens with zero attached hydrogens (tertiary/aromatic N) is 2. The number of ether oxygens (including phenoxy) is 1. The van der Waals surface area contributed by atoms with Crippen molar-refractivity contribution in [3.63, 3.8) is 0 Å². The monoisotopic (exact) mass is 318 g/mol. The maximum atomic E-state index is 11.4. The molecule has 0 aliphatic heterocycles. The molecule has 0 atom stereocenters. The van der Waals surface area contributed by atoms with Crippen molar-refractivity contribution in [2.75, 3.05) is 0 Å². The van der Waals surface area contributed by atoms with Gasteiger partial charge in [-0.25, -0.2) is 10.2 Å². The van der Waals surface area contributed by atoms with Crippen LogP contribution >= 0.6 is 15.9 Å².